The van der Waals surface area contributed by atoms with E-state index in [4.69, 9.17) is 16.7 Å². The molecule has 19 heavy (non-hydrogen) atoms. The van der Waals surface area contributed by atoms with Gasteiger partial charge in [0.1, 0.15) is 0 Å². The van der Waals surface area contributed by atoms with E-state index in [9.17, 15) is 4.79 Å². The molecule has 0 heterocycles. The minimum absolute atomic E-state index is 0.270. The van der Waals surface area contributed by atoms with Crippen molar-refractivity contribution in [3.63, 3.8) is 0 Å². The highest BCUT2D eigenvalue weighted by Crippen LogP contribution is 2.21. The summed E-state index contributed by atoms with van der Waals surface area (Å²) in [6.45, 7) is 0.778. The van der Waals surface area contributed by atoms with Crippen molar-refractivity contribution in [3.8, 4) is 0 Å². The summed E-state index contributed by atoms with van der Waals surface area (Å²) in [5, 5.41) is 12.8. The lowest BCUT2D eigenvalue weighted by Crippen LogP contribution is -2.07. The maximum atomic E-state index is 11.1. The van der Waals surface area contributed by atoms with Gasteiger partial charge in [-0.3, -0.25) is 0 Å². The summed E-state index contributed by atoms with van der Waals surface area (Å²) in [6.07, 6.45) is 6.80. The molecule has 0 aliphatic carbocycles. The summed E-state index contributed by atoms with van der Waals surface area (Å²) in [5.41, 5.74) is 0.871. The second-order valence-electron chi connectivity index (χ2n) is 4.33. The van der Waals surface area contributed by atoms with E-state index in [-0.39, 0.29) is 5.56 Å². The third-order valence-corrected chi connectivity index (χ3v) is 3.73. The van der Waals surface area contributed by atoms with Gasteiger partial charge in [-0.05, 0) is 43.0 Å². The van der Waals surface area contributed by atoms with Crippen LogP contribution >= 0.6 is 23.4 Å². The molecule has 0 saturated carbocycles. The highest BCUT2D eigenvalue weighted by molar-refractivity contribution is 7.98. The number of hydrogen-bond donors (Lipinski definition) is 2. The summed E-state index contributed by atoms with van der Waals surface area (Å²) >= 11 is 7.76. The molecule has 1 aromatic carbocycles. The van der Waals surface area contributed by atoms with Gasteiger partial charge in [-0.15, -0.1) is 0 Å². The Hall–Kier alpha value is -0.870. The largest absolute Gasteiger partial charge is 0.478 e. The van der Waals surface area contributed by atoms with E-state index in [0.717, 1.165) is 19.4 Å². The molecule has 0 aromatic heterocycles. The van der Waals surface area contributed by atoms with Gasteiger partial charge < -0.3 is 10.4 Å². The average Bonchev–Trinajstić information content (AvgIpc) is 2.37. The van der Waals surface area contributed by atoms with Crippen molar-refractivity contribution in [2.45, 2.75) is 25.7 Å². The van der Waals surface area contributed by atoms with Gasteiger partial charge in [0.05, 0.1) is 11.3 Å². The number of aromatic carboxylic acids is 1. The number of benzene rings is 1. The number of carboxylic acid groups (broad SMARTS) is 1. The summed E-state index contributed by atoms with van der Waals surface area (Å²) in [4.78, 5) is 11.1. The summed E-state index contributed by atoms with van der Waals surface area (Å²) in [5.74, 6) is 0.282. The van der Waals surface area contributed by atoms with Crippen LogP contribution in [0.5, 0.6) is 0 Å². The molecule has 0 saturated heterocycles. The van der Waals surface area contributed by atoms with Crippen LogP contribution in [0.3, 0.4) is 0 Å². The topological polar surface area (TPSA) is 49.3 Å². The van der Waals surface area contributed by atoms with Gasteiger partial charge in [0.25, 0.3) is 0 Å². The molecule has 0 radical (unpaired) electrons. The van der Waals surface area contributed by atoms with Crippen molar-refractivity contribution in [2.75, 3.05) is 23.9 Å². The second-order valence-corrected chi connectivity index (χ2v) is 5.75. The summed E-state index contributed by atoms with van der Waals surface area (Å²) in [6, 6.07) is 4.79. The maximum absolute atomic E-state index is 11.1. The molecule has 5 heteroatoms. The quantitative estimate of drug-likeness (QED) is 0.665. The molecule has 0 atom stereocenters. The number of anilines is 1. The van der Waals surface area contributed by atoms with Crippen molar-refractivity contribution in [1.82, 2.24) is 0 Å². The Labute approximate surface area is 123 Å². The predicted octanol–water partition coefficient (Wildman–Crippen LogP) is 4.37. The van der Waals surface area contributed by atoms with Crippen LogP contribution in [0.1, 0.15) is 36.0 Å². The fourth-order valence-corrected chi connectivity index (χ4v) is 2.46. The third-order valence-electron chi connectivity index (χ3n) is 2.80. The number of unbranched alkanes of at least 4 members (excludes halogenated alkanes) is 3. The standard InChI is InChI=1S/C14H20ClNO2S/c1-19-9-5-3-2-4-8-16-13-10-11(15)6-7-12(13)14(17)18/h6-7,10,16H,2-5,8-9H2,1H3,(H,17,18). The van der Waals surface area contributed by atoms with Crippen molar-refractivity contribution in [1.29, 1.82) is 0 Å². The molecular formula is C14H20ClNO2S. The first-order chi connectivity index (χ1) is 9.15. The van der Waals surface area contributed by atoms with E-state index >= 15 is 0 Å². The Morgan fingerprint density at radius 3 is 2.74 bits per heavy atom. The zero-order valence-corrected chi connectivity index (χ0v) is 12.7. The molecule has 0 aliphatic rings. The zero-order valence-electron chi connectivity index (χ0n) is 11.1. The maximum Gasteiger partial charge on any atom is 0.337 e. The normalized spacial score (nSPS) is 10.4. The number of carboxylic acids is 1. The lowest BCUT2D eigenvalue weighted by molar-refractivity contribution is 0.0698. The molecule has 0 bridgehead atoms. The Bertz CT molecular complexity index is 412. The van der Waals surface area contributed by atoms with Crippen LogP contribution in [0.2, 0.25) is 5.02 Å². The molecule has 0 aliphatic heterocycles. The van der Waals surface area contributed by atoms with E-state index in [1.807, 2.05) is 11.8 Å². The molecule has 0 fully saturated rings. The van der Waals surface area contributed by atoms with Gasteiger partial charge >= 0.3 is 5.97 Å². The van der Waals surface area contributed by atoms with Gasteiger partial charge in [-0.25, -0.2) is 4.79 Å². The van der Waals surface area contributed by atoms with E-state index < -0.39 is 5.97 Å². The third kappa shape index (κ3) is 6.21. The van der Waals surface area contributed by atoms with Gasteiger partial charge in [-0.2, -0.15) is 11.8 Å². The molecule has 0 spiro atoms. The van der Waals surface area contributed by atoms with Gasteiger partial charge in [0, 0.05) is 11.6 Å². The van der Waals surface area contributed by atoms with Crippen LogP contribution in [0.4, 0.5) is 5.69 Å². The lowest BCUT2D eigenvalue weighted by Gasteiger charge is -2.10. The first-order valence-electron chi connectivity index (χ1n) is 6.41. The highest BCUT2D eigenvalue weighted by atomic mass is 35.5. The fourth-order valence-electron chi connectivity index (χ4n) is 1.80. The molecule has 0 unspecified atom stereocenters. The summed E-state index contributed by atoms with van der Waals surface area (Å²) < 4.78 is 0. The Morgan fingerprint density at radius 2 is 2.05 bits per heavy atom. The van der Waals surface area contributed by atoms with Crippen LogP contribution in [0.25, 0.3) is 0 Å². The van der Waals surface area contributed by atoms with E-state index in [0.29, 0.717) is 10.7 Å². The number of thioether (sulfide) groups is 1. The number of halogens is 1. The Morgan fingerprint density at radius 1 is 1.32 bits per heavy atom. The molecule has 2 N–H and O–H groups in total. The lowest BCUT2D eigenvalue weighted by atomic mass is 10.1. The van der Waals surface area contributed by atoms with Crippen LogP contribution in [-0.2, 0) is 0 Å². The Balaban J connectivity index is 2.36. The van der Waals surface area contributed by atoms with E-state index in [1.165, 1.54) is 24.7 Å². The van der Waals surface area contributed by atoms with Crippen LogP contribution in [0, 0.1) is 0 Å². The number of carbonyl (C=O) groups is 1. The molecule has 3 nitrogen and oxygen atoms in total. The first kappa shape index (κ1) is 16.2. The first-order valence-corrected chi connectivity index (χ1v) is 8.18. The van der Waals surface area contributed by atoms with Crippen molar-refractivity contribution < 1.29 is 9.90 Å². The molecular weight excluding hydrogens is 282 g/mol. The SMILES string of the molecule is CSCCCCCCNc1cc(Cl)ccc1C(=O)O. The number of nitrogens with one attached hydrogen (secondary N) is 1. The minimum atomic E-state index is -0.931. The van der Waals surface area contributed by atoms with Crippen molar-refractivity contribution >= 4 is 35.0 Å². The second kappa shape index (κ2) is 9.10. The van der Waals surface area contributed by atoms with Gasteiger partial charge in [-0.1, -0.05) is 24.4 Å². The average molecular weight is 302 g/mol. The summed E-state index contributed by atoms with van der Waals surface area (Å²) in [7, 11) is 0. The monoisotopic (exact) mass is 301 g/mol. The minimum Gasteiger partial charge on any atom is -0.478 e. The predicted molar refractivity (Wildman–Crippen MR) is 83.8 cm³/mol. The van der Waals surface area contributed by atoms with Gasteiger partial charge in [0.15, 0.2) is 0 Å². The molecule has 1 rings (SSSR count). The van der Waals surface area contributed by atoms with E-state index in [1.54, 1.807) is 12.1 Å². The van der Waals surface area contributed by atoms with Crippen LogP contribution < -0.4 is 5.32 Å². The van der Waals surface area contributed by atoms with Crippen LogP contribution in [0.15, 0.2) is 18.2 Å². The molecule has 106 valence electrons. The fraction of sp³-hybridized carbons (Fsp3) is 0.500. The smallest absolute Gasteiger partial charge is 0.337 e. The van der Waals surface area contributed by atoms with Crippen molar-refractivity contribution in [3.05, 3.63) is 28.8 Å². The molecule has 1 aromatic rings. The number of hydrogen-bond acceptors (Lipinski definition) is 3. The number of rotatable bonds is 9. The highest BCUT2D eigenvalue weighted by Gasteiger charge is 2.09. The van der Waals surface area contributed by atoms with Crippen LogP contribution in [-0.4, -0.2) is 29.6 Å². The Kier molecular flexibility index (Phi) is 7.75. The van der Waals surface area contributed by atoms with E-state index in [2.05, 4.69) is 11.6 Å². The molecule has 0 amide bonds. The van der Waals surface area contributed by atoms with Gasteiger partial charge in [0.2, 0.25) is 0 Å². The van der Waals surface area contributed by atoms with Crippen molar-refractivity contribution in [2.24, 2.45) is 0 Å². The zero-order chi connectivity index (χ0) is 14.1.